The highest BCUT2D eigenvalue weighted by Crippen LogP contribution is 2.27. The number of amides is 1. The lowest BCUT2D eigenvalue weighted by Gasteiger charge is -2.09. The van der Waals surface area contributed by atoms with Crippen LogP contribution in [0.1, 0.15) is 24.2 Å². The van der Waals surface area contributed by atoms with E-state index in [0.29, 0.717) is 10.4 Å². The standard InChI is InChI=1S/C21H17Cl2NO6/c1-11(2)24-20(26)15-7-12-3-5-14(9-18(12)30-21(15)27)29-19(25)10-28-17-6-4-13(22)8-16(17)23/h3-9,11H,10H2,1-2H3,(H,24,26). The summed E-state index contributed by atoms with van der Waals surface area (Å²) in [6.07, 6.45) is 0. The van der Waals surface area contributed by atoms with Crippen LogP contribution in [0.25, 0.3) is 11.0 Å². The molecule has 0 aliphatic heterocycles. The molecule has 0 atom stereocenters. The van der Waals surface area contributed by atoms with Crippen molar-refractivity contribution in [3.63, 3.8) is 0 Å². The molecule has 0 unspecified atom stereocenters. The van der Waals surface area contributed by atoms with Crippen molar-refractivity contribution in [1.82, 2.24) is 5.32 Å². The Kier molecular flexibility index (Phi) is 6.64. The Labute approximate surface area is 181 Å². The summed E-state index contributed by atoms with van der Waals surface area (Å²) in [6, 6.07) is 10.4. The molecule has 1 heterocycles. The third kappa shape index (κ3) is 5.31. The van der Waals surface area contributed by atoms with Gasteiger partial charge in [0, 0.05) is 22.5 Å². The van der Waals surface area contributed by atoms with Gasteiger partial charge in [0.15, 0.2) is 6.61 Å². The average Bonchev–Trinajstić information content (AvgIpc) is 2.66. The van der Waals surface area contributed by atoms with Crippen LogP contribution in [0.4, 0.5) is 0 Å². The zero-order chi connectivity index (χ0) is 21.8. The van der Waals surface area contributed by atoms with Crippen molar-refractivity contribution in [3.8, 4) is 11.5 Å². The number of hydrogen-bond donors (Lipinski definition) is 1. The minimum atomic E-state index is -0.787. The normalized spacial score (nSPS) is 10.8. The molecule has 2 aromatic carbocycles. The summed E-state index contributed by atoms with van der Waals surface area (Å²) >= 11 is 11.8. The van der Waals surface area contributed by atoms with Crippen LogP contribution >= 0.6 is 23.2 Å². The van der Waals surface area contributed by atoms with Crippen molar-refractivity contribution in [3.05, 3.63) is 68.5 Å². The summed E-state index contributed by atoms with van der Waals surface area (Å²) in [5, 5.41) is 3.85. The molecule has 3 rings (SSSR count). The topological polar surface area (TPSA) is 94.8 Å². The van der Waals surface area contributed by atoms with E-state index in [1.165, 1.54) is 30.3 Å². The molecule has 1 aromatic heterocycles. The van der Waals surface area contributed by atoms with Crippen molar-refractivity contribution in [1.29, 1.82) is 0 Å². The van der Waals surface area contributed by atoms with Crippen molar-refractivity contribution < 1.29 is 23.5 Å². The maximum atomic E-state index is 12.1. The van der Waals surface area contributed by atoms with E-state index in [-0.39, 0.29) is 33.7 Å². The first-order valence-electron chi connectivity index (χ1n) is 8.90. The summed E-state index contributed by atoms with van der Waals surface area (Å²) in [6.45, 7) is 3.18. The average molecular weight is 450 g/mol. The second kappa shape index (κ2) is 9.19. The Morgan fingerprint density at radius 3 is 2.57 bits per heavy atom. The van der Waals surface area contributed by atoms with E-state index in [4.69, 9.17) is 37.1 Å². The first-order valence-corrected chi connectivity index (χ1v) is 9.66. The minimum absolute atomic E-state index is 0.103. The van der Waals surface area contributed by atoms with Gasteiger partial charge in [0.25, 0.3) is 5.91 Å². The highest BCUT2D eigenvalue weighted by molar-refractivity contribution is 6.35. The molecule has 1 N–H and O–H groups in total. The van der Waals surface area contributed by atoms with Gasteiger partial charge in [-0.25, -0.2) is 9.59 Å². The lowest BCUT2D eigenvalue weighted by molar-refractivity contribution is -0.136. The lowest BCUT2D eigenvalue weighted by Crippen LogP contribution is -2.33. The smallest absolute Gasteiger partial charge is 0.349 e. The third-order valence-electron chi connectivity index (χ3n) is 3.84. The maximum Gasteiger partial charge on any atom is 0.349 e. The molecule has 0 saturated heterocycles. The Balaban J connectivity index is 1.71. The van der Waals surface area contributed by atoms with Crippen molar-refractivity contribution >= 4 is 46.0 Å². The van der Waals surface area contributed by atoms with Gasteiger partial charge in [-0.15, -0.1) is 0 Å². The summed E-state index contributed by atoms with van der Waals surface area (Å²) in [7, 11) is 0. The highest BCUT2D eigenvalue weighted by Gasteiger charge is 2.15. The largest absolute Gasteiger partial charge is 0.480 e. The molecule has 30 heavy (non-hydrogen) atoms. The number of rotatable bonds is 6. The quantitative estimate of drug-likeness (QED) is 0.343. The number of benzene rings is 2. The second-order valence-corrected chi connectivity index (χ2v) is 7.46. The van der Waals surface area contributed by atoms with Gasteiger partial charge >= 0.3 is 11.6 Å². The van der Waals surface area contributed by atoms with Crippen LogP contribution in [-0.2, 0) is 4.79 Å². The molecule has 0 fully saturated rings. The number of nitrogens with one attached hydrogen (secondary N) is 1. The predicted octanol–water partition coefficient (Wildman–Crippen LogP) is 4.22. The minimum Gasteiger partial charge on any atom is -0.480 e. The number of hydrogen-bond acceptors (Lipinski definition) is 6. The fourth-order valence-electron chi connectivity index (χ4n) is 2.54. The molecule has 0 aliphatic rings. The molecular weight excluding hydrogens is 433 g/mol. The monoisotopic (exact) mass is 449 g/mol. The van der Waals surface area contributed by atoms with Gasteiger partial charge in [-0.05, 0) is 50.2 Å². The van der Waals surface area contributed by atoms with E-state index in [1.54, 1.807) is 26.0 Å². The number of carbonyl (C=O) groups is 2. The summed E-state index contributed by atoms with van der Waals surface area (Å²) < 4.78 is 15.7. The SMILES string of the molecule is CC(C)NC(=O)c1cc2ccc(OC(=O)COc3ccc(Cl)cc3Cl)cc2oc1=O. The molecule has 0 spiro atoms. The zero-order valence-electron chi connectivity index (χ0n) is 16.0. The van der Waals surface area contributed by atoms with Crippen LogP contribution in [0.5, 0.6) is 11.5 Å². The summed E-state index contributed by atoms with van der Waals surface area (Å²) in [4.78, 5) is 36.3. The number of esters is 1. The Morgan fingerprint density at radius 1 is 1.10 bits per heavy atom. The highest BCUT2D eigenvalue weighted by atomic mass is 35.5. The van der Waals surface area contributed by atoms with Crippen LogP contribution in [0.3, 0.4) is 0 Å². The zero-order valence-corrected chi connectivity index (χ0v) is 17.5. The molecule has 156 valence electrons. The van der Waals surface area contributed by atoms with Gasteiger partial charge in [0.2, 0.25) is 0 Å². The van der Waals surface area contributed by atoms with E-state index in [2.05, 4.69) is 5.32 Å². The third-order valence-corrected chi connectivity index (χ3v) is 4.37. The van der Waals surface area contributed by atoms with Crippen LogP contribution in [0.2, 0.25) is 10.0 Å². The number of halogens is 2. The number of ether oxygens (including phenoxy) is 2. The molecule has 3 aromatic rings. The van der Waals surface area contributed by atoms with Gasteiger partial charge < -0.3 is 19.2 Å². The van der Waals surface area contributed by atoms with Gasteiger partial charge in [0.05, 0.1) is 5.02 Å². The second-order valence-electron chi connectivity index (χ2n) is 6.61. The van der Waals surface area contributed by atoms with Gasteiger partial charge in [0.1, 0.15) is 22.6 Å². The molecular formula is C21H17Cl2NO6. The van der Waals surface area contributed by atoms with Gasteiger partial charge in [-0.1, -0.05) is 23.2 Å². The van der Waals surface area contributed by atoms with E-state index in [0.717, 1.165) is 0 Å². The van der Waals surface area contributed by atoms with Gasteiger partial charge in [-0.3, -0.25) is 4.79 Å². The number of carbonyl (C=O) groups excluding carboxylic acids is 2. The van der Waals surface area contributed by atoms with E-state index < -0.39 is 24.1 Å². The molecule has 0 saturated carbocycles. The Morgan fingerprint density at radius 2 is 1.87 bits per heavy atom. The molecule has 7 nitrogen and oxygen atoms in total. The number of fused-ring (bicyclic) bond motifs is 1. The van der Waals surface area contributed by atoms with Crippen LogP contribution in [0.15, 0.2) is 51.7 Å². The summed E-state index contributed by atoms with van der Waals surface area (Å²) in [5.41, 5.74) is -0.716. The molecule has 0 bridgehead atoms. The van der Waals surface area contributed by atoms with Crippen LogP contribution < -0.4 is 20.4 Å². The van der Waals surface area contributed by atoms with E-state index in [1.807, 2.05) is 0 Å². The summed E-state index contributed by atoms with van der Waals surface area (Å²) in [5.74, 6) is -0.764. The lowest BCUT2D eigenvalue weighted by atomic mass is 10.1. The van der Waals surface area contributed by atoms with Gasteiger partial charge in [-0.2, -0.15) is 0 Å². The molecule has 9 heteroatoms. The first kappa shape index (κ1) is 21.7. The Bertz CT molecular complexity index is 1170. The molecule has 1 amide bonds. The predicted molar refractivity (Wildman–Crippen MR) is 113 cm³/mol. The van der Waals surface area contributed by atoms with Crippen molar-refractivity contribution in [2.75, 3.05) is 6.61 Å². The maximum absolute atomic E-state index is 12.1. The van der Waals surface area contributed by atoms with E-state index >= 15 is 0 Å². The van der Waals surface area contributed by atoms with E-state index in [9.17, 15) is 14.4 Å². The molecule has 0 aliphatic carbocycles. The fraction of sp³-hybridized carbons (Fsp3) is 0.190. The van der Waals surface area contributed by atoms with Crippen molar-refractivity contribution in [2.45, 2.75) is 19.9 Å². The molecule has 0 radical (unpaired) electrons. The Hall–Kier alpha value is -3.03. The van der Waals surface area contributed by atoms with Crippen LogP contribution in [0, 0.1) is 0 Å². The van der Waals surface area contributed by atoms with Crippen LogP contribution in [-0.4, -0.2) is 24.5 Å². The fourth-order valence-corrected chi connectivity index (χ4v) is 3.01. The van der Waals surface area contributed by atoms with Crippen molar-refractivity contribution in [2.24, 2.45) is 0 Å². The first-order chi connectivity index (χ1) is 14.2.